The molecule has 28 heavy (non-hydrogen) atoms. The first-order chi connectivity index (χ1) is 13.5. The second-order valence-electron chi connectivity index (χ2n) is 6.24. The van der Waals surface area contributed by atoms with Crippen molar-refractivity contribution in [2.45, 2.75) is 13.8 Å². The Morgan fingerprint density at radius 3 is 2.71 bits per heavy atom. The van der Waals surface area contributed by atoms with E-state index in [2.05, 4.69) is 37.9 Å². The molecule has 0 bridgehead atoms. The van der Waals surface area contributed by atoms with Crippen LogP contribution in [0.2, 0.25) is 0 Å². The molecule has 1 N–H and O–H groups in total. The molecule has 0 aliphatic carbocycles. The van der Waals surface area contributed by atoms with Gasteiger partial charge in [-0.1, -0.05) is 5.92 Å². The summed E-state index contributed by atoms with van der Waals surface area (Å²) in [6, 6.07) is 9.88. The fraction of sp³-hybridized carbons (Fsp3) is 0.182. The van der Waals surface area contributed by atoms with Gasteiger partial charge in [0.25, 0.3) is 0 Å². The van der Waals surface area contributed by atoms with E-state index >= 15 is 0 Å². The number of rotatable bonds is 5. The molecule has 0 unspecified atom stereocenters. The van der Waals surface area contributed by atoms with Crippen LogP contribution in [0.15, 0.2) is 28.7 Å². The highest BCUT2D eigenvalue weighted by Crippen LogP contribution is 2.37. The first-order valence-corrected chi connectivity index (χ1v) is 9.29. The van der Waals surface area contributed by atoms with Gasteiger partial charge < -0.3 is 14.5 Å². The predicted octanol–water partition coefficient (Wildman–Crippen LogP) is 5.03. The molecular formula is C22H18BrN3O2. The number of ether oxygens (including phenoxy) is 2. The number of hydrogen-bond donors (Lipinski definition) is 1. The number of aromatic nitrogens is 2. The van der Waals surface area contributed by atoms with Gasteiger partial charge in [0.05, 0.1) is 28.2 Å². The number of aryl methyl sites for hydroxylation is 2. The van der Waals surface area contributed by atoms with Crippen molar-refractivity contribution in [1.82, 2.24) is 9.97 Å². The van der Waals surface area contributed by atoms with Crippen LogP contribution in [0, 0.1) is 37.5 Å². The Hall–Kier alpha value is -3.22. The number of halogens is 1. The number of aromatic amines is 1. The molecule has 0 fully saturated rings. The molecular weight excluding hydrogens is 418 g/mol. The molecule has 6 heteroatoms. The number of allylic oxidation sites excluding steroid dienone is 1. The number of H-pyrrole nitrogens is 1. The molecule has 0 aliphatic heterocycles. The van der Waals surface area contributed by atoms with E-state index in [1.54, 1.807) is 19.3 Å². The quantitative estimate of drug-likeness (QED) is 0.450. The van der Waals surface area contributed by atoms with Gasteiger partial charge in [0, 0.05) is 0 Å². The minimum Gasteiger partial charge on any atom is -0.493 e. The van der Waals surface area contributed by atoms with E-state index in [9.17, 15) is 5.26 Å². The summed E-state index contributed by atoms with van der Waals surface area (Å²) in [5.41, 5.74) is 5.23. The monoisotopic (exact) mass is 435 g/mol. The van der Waals surface area contributed by atoms with Crippen LogP contribution in [0.1, 0.15) is 22.5 Å². The third kappa shape index (κ3) is 3.88. The zero-order valence-corrected chi connectivity index (χ0v) is 17.3. The molecule has 2 aromatic carbocycles. The number of fused-ring (bicyclic) bond motifs is 1. The number of imidazole rings is 1. The maximum absolute atomic E-state index is 9.67. The Morgan fingerprint density at radius 2 is 2.04 bits per heavy atom. The number of nitriles is 1. The van der Waals surface area contributed by atoms with Gasteiger partial charge in [0.1, 0.15) is 18.5 Å². The first kappa shape index (κ1) is 19.5. The number of methoxy groups -OCH3 is 1. The van der Waals surface area contributed by atoms with Crippen molar-refractivity contribution in [1.29, 1.82) is 5.26 Å². The molecule has 0 saturated carbocycles. The smallest absolute Gasteiger partial charge is 0.176 e. The van der Waals surface area contributed by atoms with E-state index in [0.717, 1.165) is 22.2 Å². The van der Waals surface area contributed by atoms with Crippen LogP contribution in [0.3, 0.4) is 0 Å². The first-order valence-electron chi connectivity index (χ1n) is 8.49. The van der Waals surface area contributed by atoms with Crippen LogP contribution in [-0.2, 0) is 0 Å². The average molecular weight is 436 g/mol. The van der Waals surface area contributed by atoms with Crippen molar-refractivity contribution in [2.75, 3.05) is 13.7 Å². The van der Waals surface area contributed by atoms with Gasteiger partial charge in [0.2, 0.25) is 0 Å². The van der Waals surface area contributed by atoms with Gasteiger partial charge >= 0.3 is 0 Å². The van der Waals surface area contributed by atoms with Crippen LogP contribution >= 0.6 is 15.9 Å². The van der Waals surface area contributed by atoms with Crippen molar-refractivity contribution in [3.05, 3.63) is 51.3 Å². The van der Waals surface area contributed by atoms with Crippen molar-refractivity contribution >= 4 is 38.6 Å². The largest absolute Gasteiger partial charge is 0.493 e. The SMILES string of the molecule is C#CCOc1c(Br)cc(/C=C(/C#N)c2nc3cc(C)c(C)cc3[nH]2)cc1OC. The highest BCUT2D eigenvalue weighted by molar-refractivity contribution is 9.10. The number of benzene rings is 2. The van der Waals surface area contributed by atoms with Crippen molar-refractivity contribution < 1.29 is 9.47 Å². The molecule has 0 atom stereocenters. The summed E-state index contributed by atoms with van der Waals surface area (Å²) in [6.45, 7) is 4.22. The summed E-state index contributed by atoms with van der Waals surface area (Å²) in [6.07, 6.45) is 7.01. The van der Waals surface area contributed by atoms with E-state index < -0.39 is 0 Å². The minimum atomic E-state index is 0.130. The van der Waals surface area contributed by atoms with Crippen LogP contribution in [0.5, 0.6) is 11.5 Å². The topological polar surface area (TPSA) is 70.9 Å². The minimum absolute atomic E-state index is 0.130. The molecule has 1 aromatic heterocycles. The molecule has 1 heterocycles. The standard InChI is InChI=1S/C22H18BrN3O2/c1-5-6-28-21-17(23)10-15(11-20(21)27-4)9-16(12-24)22-25-18-7-13(2)14(3)8-19(18)26-22/h1,7-11H,6H2,2-4H3,(H,25,26)/b16-9-. The third-order valence-corrected chi connectivity index (χ3v) is 4.92. The molecule has 0 radical (unpaired) electrons. The zero-order valence-electron chi connectivity index (χ0n) is 15.8. The van der Waals surface area contributed by atoms with E-state index in [-0.39, 0.29) is 6.61 Å². The second-order valence-corrected chi connectivity index (χ2v) is 7.09. The third-order valence-electron chi connectivity index (χ3n) is 4.34. The summed E-state index contributed by atoms with van der Waals surface area (Å²) in [4.78, 5) is 7.79. The lowest BCUT2D eigenvalue weighted by molar-refractivity contribution is 0.329. The van der Waals surface area contributed by atoms with Gasteiger partial charge in [-0.2, -0.15) is 5.26 Å². The average Bonchev–Trinajstić information content (AvgIpc) is 3.07. The molecule has 0 aliphatic rings. The maximum atomic E-state index is 9.67. The van der Waals surface area contributed by atoms with Crippen molar-refractivity contribution in [3.63, 3.8) is 0 Å². The maximum Gasteiger partial charge on any atom is 0.176 e. The van der Waals surface area contributed by atoms with E-state index in [1.807, 2.05) is 32.0 Å². The Labute approximate surface area is 172 Å². The van der Waals surface area contributed by atoms with Gasteiger partial charge in [-0.3, -0.25) is 0 Å². The van der Waals surface area contributed by atoms with E-state index in [4.69, 9.17) is 15.9 Å². The molecule has 5 nitrogen and oxygen atoms in total. The number of terminal acetylenes is 1. The number of nitrogens with one attached hydrogen (secondary N) is 1. The summed E-state index contributed by atoms with van der Waals surface area (Å²) < 4.78 is 11.6. The van der Waals surface area contributed by atoms with Gasteiger partial charge in [-0.25, -0.2) is 4.98 Å². The van der Waals surface area contributed by atoms with Crippen LogP contribution in [0.25, 0.3) is 22.7 Å². The fourth-order valence-electron chi connectivity index (χ4n) is 2.79. The molecule has 3 aromatic rings. The highest BCUT2D eigenvalue weighted by atomic mass is 79.9. The Bertz CT molecular complexity index is 1120. The lowest BCUT2D eigenvalue weighted by Gasteiger charge is -2.12. The lowest BCUT2D eigenvalue weighted by atomic mass is 10.1. The molecule has 3 rings (SSSR count). The summed E-state index contributed by atoms with van der Waals surface area (Å²) in [5, 5.41) is 9.67. The van der Waals surface area contributed by atoms with Gasteiger partial charge in [-0.15, -0.1) is 6.42 Å². The summed E-state index contributed by atoms with van der Waals surface area (Å²) in [7, 11) is 1.55. The van der Waals surface area contributed by atoms with Gasteiger partial charge in [0.15, 0.2) is 11.5 Å². The van der Waals surface area contributed by atoms with Crippen molar-refractivity contribution in [3.8, 4) is 29.9 Å². The molecule has 0 amide bonds. The molecule has 140 valence electrons. The highest BCUT2D eigenvalue weighted by Gasteiger charge is 2.13. The molecule has 0 spiro atoms. The lowest BCUT2D eigenvalue weighted by Crippen LogP contribution is -1.98. The Kier molecular flexibility index (Phi) is 5.73. The van der Waals surface area contributed by atoms with Gasteiger partial charge in [-0.05, 0) is 76.8 Å². The number of nitrogens with zero attached hydrogens (tertiary/aromatic N) is 2. The number of hydrogen-bond acceptors (Lipinski definition) is 4. The van der Waals surface area contributed by atoms with E-state index in [0.29, 0.717) is 27.4 Å². The van der Waals surface area contributed by atoms with Crippen molar-refractivity contribution in [2.24, 2.45) is 0 Å². The normalized spacial score (nSPS) is 11.1. The summed E-state index contributed by atoms with van der Waals surface area (Å²) in [5.74, 6) is 3.98. The van der Waals surface area contributed by atoms with E-state index in [1.165, 1.54) is 5.56 Å². The molecule has 0 saturated heterocycles. The summed E-state index contributed by atoms with van der Waals surface area (Å²) >= 11 is 3.47. The van der Waals surface area contributed by atoms with Crippen LogP contribution in [-0.4, -0.2) is 23.7 Å². The fourth-order valence-corrected chi connectivity index (χ4v) is 3.37. The Morgan fingerprint density at radius 1 is 1.29 bits per heavy atom. The van der Waals surface area contributed by atoms with Crippen LogP contribution in [0.4, 0.5) is 0 Å². The predicted molar refractivity (Wildman–Crippen MR) is 114 cm³/mol. The zero-order chi connectivity index (χ0) is 20.3. The van der Waals surface area contributed by atoms with Crippen LogP contribution < -0.4 is 9.47 Å². The second kappa shape index (κ2) is 8.21. The Balaban J connectivity index is 2.05.